The first-order valence-corrected chi connectivity index (χ1v) is 8.99. The van der Waals surface area contributed by atoms with Gasteiger partial charge in [-0.15, -0.1) is 0 Å². The molecule has 3 atom stereocenters. The highest BCUT2D eigenvalue weighted by Gasteiger charge is 2.65. The highest BCUT2D eigenvalue weighted by atomic mass is 16.5. The molecule has 2 saturated carbocycles. The minimum absolute atomic E-state index is 0.00664. The number of aromatic nitrogens is 2. The third-order valence-corrected chi connectivity index (χ3v) is 6.59. The fourth-order valence-electron chi connectivity index (χ4n) is 5.53. The van der Waals surface area contributed by atoms with Crippen molar-refractivity contribution in [2.75, 3.05) is 13.2 Å². The number of carbonyl (C=O) groups excluding carboxylic acids is 1. The maximum atomic E-state index is 12.8. The maximum Gasteiger partial charge on any atom is 0.272 e. The first-order valence-electron chi connectivity index (χ1n) is 8.99. The van der Waals surface area contributed by atoms with Crippen molar-refractivity contribution in [3.8, 4) is 0 Å². The lowest BCUT2D eigenvalue weighted by atomic mass is 9.54. The average Bonchev–Trinajstić information content (AvgIpc) is 3.29. The summed E-state index contributed by atoms with van der Waals surface area (Å²) in [5.74, 6) is 0.498. The number of nitrogens with zero attached hydrogens (tertiary/aromatic N) is 1. The van der Waals surface area contributed by atoms with Gasteiger partial charge in [-0.1, -0.05) is 12.8 Å². The summed E-state index contributed by atoms with van der Waals surface area (Å²) in [7, 11) is 0. The van der Waals surface area contributed by atoms with Crippen molar-refractivity contribution >= 4 is 5.91 Å². The molecule has 1 aromatic heterocycles. The zero-order valence-electron chi connectivity index (χ0n) is 13.4. The highest BCUT2D eigenvalue weighted by molar-refractivity contribution is 5.94. The van der Waals surface area contributed by atoms with Gasteiger partial charge >= 0.3 is 0 Å². The number of H-pyrrole nitrogens is 1. The molecule has 1 aromatic rings. The Hall–Kier alpha value is -1.40. The van der Waals surface area contributed by atoms with E-state index in [1.807, 2.05) is 0 Å². The van der Waals surface area contributed by atoms with Gasteiger partial charge in [0, 0.05) is 54.7 Å². The molecule has 1 spiro atoms. The van der Waals surface area contributed by atoms with Gasteiger partial charge < -0.3 is 15.4 Å². The molecular formula is C17H24N4O2. The van der Waals surface area contributed by atoms with Crippen LogP contribution in [0, 0.1) is 11.3 Å². The molecule has 3 unspecified atom stereocenters. The first kappa shape index (κ1) is 14.0. The second kappa shape index (κ2) is 5.05. The van der Waals surface area contributed by atoms with Crippen molar-refractivity contribution in [2.45, 2.75) is 57.2 Å². The molecule has 6 heteroatoms. The lowest BCUT2D eigenvalue weighted by Gasteiger charge is -2.56. The second-order valence-corrected chi connectivity index (χ2v) is 7.59. The predicted molar refractivity (Wildman–Crippen MR) is 84.0 cm³/mol. The van der Waals surface area contributed by atoms with E-state index in [2.05, 4.69) is 20.8 Å². The van der Waals surface area contributed by atoms with Crippen LogP contribution in [0.2, 0.25) is 0 Å². The molecule has 4 aliphatic rings. The average molecular weight is 316 g/mol. The Morgan fingerprint density at radius 1 is 1.35 bits per heavy atom. The van der Waals surface area contributed by atoms with E-state index in [4.69, 9.17) is 4.74 Å². The molecule has 1 saturated heterocycles. The van der Waals surface area contributed by atoms with Crippen LogP contribution in [0.15, 0.2) is 0 Å². The Balaban J connectivity index is 1.38. The number of amides is 1. The third-order valence-electron chi connectivity index (χ3n) is 6.59. The second-order valence-electron chi connectivity index (χ2n) is 7.59. The van der Waals surface area contributed by atoms with Gasteiger partial charge in [0.2, 0.25) is 0 Å². The van der Waals surface area contributed by atoms with Crippen molar-refractivity contribution in [3.05, 3.63) is 17.0 Å². The topological polar surface area (TPSA) is 79.0 Å². The summed E-state index contributed by atoms with van der Waals surface area (Å²) in [5, 5.41) is 14.0. The van der Waals surface area contributed by atoms with E-state index in [0.717, 1.165) is 43.8 Å². The zero-order chi connectivity index (χ0) is 15.4. The smallest absolute Gasteiger partial charge is 0.272 e. The fraction of sp³-hybridized carbons (Fsp3) is 0.765. The number of aromatic amines is 1. The highest BCUT2D eigenvalue weighted by Crippen LogP contribution is 2.60. The maximum absolute atomic E-state index is 12.8. The quantitative estimate of drug-likeness (QED) is 0.764. The number of hydrogen-bond donors (Lipinski definition) is 3. The number of nitrogens with one attached hydrogen (secondary N) is 3. The molecule has 0 bridgehead atoms. The summed E-state index contributed by atoms with van der Waals surface area (Å²) < 4.78 is 6.00. The summed E-state index contributed by atoms with van der Waals surface area (Å²) in [5.41, 5.74) is 2.95. The van der Waals surface area contributed by atoms with Crippen LogP contribution in [-0.4, -0.2) is 41.4 Å². The largest absolute Gasteiger partial charge is 0.377 e. The third kappa shape index (κ3) is 1.88. The first-order chi connectivity index (χ1) is 11.3. The van der Waals surface area contributed by atoms with E-state index in [0.29, 0.717) is 17.7 Å². The van der Waals surface area contributed by atoms with Crippen molar-refractivity contribution in [2.24, 2.45) is 11.3 Å². The van der Waals surface area contributed by atoms with Crippen molar-refractivity contribution in [3.63, 3.8) is 0 Å². The molecule has 3 fully saturated rings. The van der Waals surface area contributed by atoms with E-state index in [1.165, 1.54) is 25.7 Å². The van der Waals surface area contributed by atoms with Crippen LogP contribution >= 0.6 is 0 Å². The molecular weight excluding hydrogens is 292 g/mol. The van der Waals surface area contributed by atoms with Crippen LogP contribution in [0.4, 0.5) is 0 Å². The lowest BCUT2D eigenvalue weighted by molar-refractivity contribution is -0.126. The van der Waals surface area contributed by atoms with Gasteiger partial charge in [-0.05, 0) is 19.3 Å². The van der Waals surface area contributed by atoms with Gasteiger partial charge in [-0.3, -0.25) is 9.89 Å². The van der Waals surface area contributed by atoms with Crippen LogP contribution < -0.4 is 10.6 Å². The van der Waals surface area contributed by atoms with E-state index in [9.17, 15) is 4.79 Å². The Morgan fingerprint density at radius 2 is 2.22 bits per heavy atom. The number of ether oxygens (including phenoxy) is 1. The Morgan fingerprint density at radius 3 is 3.09 bits per heavy atom. The SMILES string of the molecule is O=C(NC1C2CCOC2C12CCCC2)c1n[nH]c2c1CNCC2. The molecule has 1 amide bonds. The van der Waals surface area contributed by atoms with Crippen LogP contribution in [0.1, 0.15) is 53.8 Å². The van der Waals surface area contributed by atoms with Gasteiger partial charge in [0.15, 0.2) is 5.69 Å². The molecule has 3 heterocycles. The Bertz CT molecular complexity index is 635. The van der Waals surface area contributed by atoms with Gasteiger partial charge in [-0.2, -0.15) is 5.10 Å². The molecule has 2 aliphatic carbocycles. The van der Waals surface area contributed by atoms with Crippen molar-refractivity contribution < 1.29 is 9.53 Å². The fourth-order valence-corrected chi connectivity index (χ4v) is 5.53. The van der Waals surface area contributed by atoms with Gasteiger partial charge in [0.1, 0.15) is 0 Å². The van der Waals surface area contributed by atoms with Gasteiger partial charge in [0.25, 0.3) is 5.91 Å². The summed E-state index contributed by atoms with van der Waals surface area (Å²) in [6, 6.07) is 0.272. The Labute approximate surface area is 135 Å². The van der Waals surface area contributed by atoms with Crippen LogP contribution in [0.3, 0.4) is 0 Å². The van der Waals surface area contributed by atoms with Gasteiger partial charge in [-0.25, -0.2) is 0 Å². The minimum atomic E-state index is -0.00664. The normalized spacial score (nSPS) is 34.0. The molecule has 6 nitrogen and oxygen atoms in total. The summed E-state index contributed by atoms with van der Waals surface area (Å²) in [4.78, 5) is 12.8. The number of fused-ring (bicyclic) bond motifs is 3. The standard InChI is InChI=1S/C17H24N4O2/c22-16(13-11-9-18-7-3-12(11)20-21-13)19-14-10-4-8-23-15(10)17(14)5-1-2-6-17/h10,14-15,18H,1-9H2,(H,19,22)(H,20,21). The summed E-state index contributed by atoms with van der Waals surface area (Å²) in [6.07, 6.45) is 7.30. The van der Waals surface area contributed by atoms with E-state index in [1.54, 1.807) is 0 Å². The molecule has 3 N–H and O–H groups in total. The van der Waals surface area contributed by atoms with Crippen LogP contribution in [-0.2, 0) is 17.7 Å². The molecule has 5 rings (SSSR count). The number of hydrogen-bond acceptors (Lipinski definition) is 4. The molecule has 124 valence electrons. The molecule has 23 heavy (non-hydrogen) atoms. The molecule has 0 radical (unpaired) electrons. The Kier molecular flexibility index (Phi) is 3.07. The predicted octanol–water partition coefficient (Wildman–Crippen LogP) is 1.13. The monoisotopic (exact) mass is 316 g/mol. The summed E-state index contributed by atoms with van der Waals surface area (Å²) >= 11 is 0. The van der Waals surface area contributed by atoms with E-state index < -0.39 is 0 Å². The summed E-state index contributed by atoms with van der Waals surface area (Å²) in [6.45, 7) is 2.54. The van der Waals surface area contributed by atoms with E-state index in [-0.39, 0.29) is 17.4 Å². The number of rotatable bonds is 2. The minimum Gasteiger partial charge on any atom is -0.377 e. The van der Waals surface area contributed by atoms with Crippen LogP contribution in [0.5, 0.6) is 0 Å². The molecule has 2 aliphatic heterocycles. The zero-order valence-corrected chi connectivity index (χ0v) is 13.4. The van der Waals surface area contributed by atoms with Gasteiger partial charge in [0.05, 0.1) is 6.10 Å². The lowest BCUT2D eigenvalue weighted by Crippen LogP contribution is -2.68. The van der Waals surface area contributed by atoms with Crippen LogP contribution in [0.25, 0.3) is 0 Å². The number of carbonyl (C=O) groups is 1. The van der Waals surface area contributed by atoms with E-state index >= 15 is 0 Å². The van der Waals surface area contributed by atoms with Crippen molar-refractivity contribution in [1.29, 1.82) is 0 Å². The van der Waals surface area contributed by atoms with Crippen molar-refractivity contribution in [1.82, 2.24) is 20.8 Å². The molecule has 0 aromatic carbocycles.